The first-order valence-corrected chi connectivity index (χ1v) is 10.3. The van der Waals surface area contributed by atoms with Crippen molar-refractivity contribution in [3.05, 3.63) is 58.8 Å². The highest BCUT2D eigenvalue weighted by molar-refractivity contribution is 8.26. The molecule has 3 aromatic rings. The number of thiocarbonyl (C=S) groups is 1. The summed E-state index contributed by atoms with van der Waals surface area (Å²) in [5.74, 6) is -0.832. The summed E-state index contributed by atoms with van der Waals surface area (Å²) in [5.41, 5.74) is 2.13. The summed E-state index contributed by atoms with van der Waals surface area (Å²) in [6.45, 7) is 0.314. The number of carbonyl (C=O) groups excluding carboxylic acids is 2. The molecule has 0 radical (unpaired) electrons. The average Bonchev–Trinajstić information content (AvgIpc) is 3.29. The number of aromatic nitrogens is 2. The predicted octanol–water partition coefficient (Wildman–Crippen LogP) is 3.98. The zero-order valence-corrected chi connectivity index (χ0v) is 17.1. The first-order valence-electron chi connectivity index (χ1n) is 9.03. The molecular formula is C20H15FN4O3S2. The van der Waals surface area contributed by atoms with Crippen molar-refractivity contribution in [1.82, 2.24) is 15.2 Å². The largest absolute Gasteiger partial charge is 0.324 e. The molecule has 1 N–H and O–H groups in total. The molecule has 0 bridgehead atoms. The molecule has 1 fully saturated rings. The quantitative estimate of drug-likeness (QED) is 0.456. The molecule has 2 amide bonds. The second kappa shape index (κ2) is 8.72. The molecule has 4 rings (SSSR count). The van der Waals surface area contributed by atoms with Crippen LogP contribution in [-0.4, -0.2) is 37.9 Å². The minimum Gasteiger partial charge on any atom is -0.324 e. The number of fused-ring (bicyclic) bond motifs is 1. The van der Waals surface area contributed by atoms with Gasteiger partial charge in [0.2, 0.25) is 5.91 Å². The van der Waals surface area contributed by atoms with Crippen LogP contribution in [0.15, 0.2) is 52.0 Å². The van der Waals surface area contributed by atoms with Gasteiger partial charge in [-0.1, -0.05) is 42.2 Å². The number of nitrogens with zero attached hydrogens (tertiary/aromatic N) is 3. The molecule has 30 heavy (non-hydrogen) atoms. The summed E-state index contributed by atoms with van der Waals surface area (Å²) in [6, 6.07) is 11.2. The lowest BCUT2D eigenvalue weighted by molar-refractivity contribution is -0.122. The van der Waals surface area contributed by atoms with Gasteiger partial charge in [-0.05, 0) is 52.6 Å². The third-order valence-corrected chi connectivity index (χ3v) is 5.74. The summed E-state index contributed by atoms with van der Waals surface area (Å²) in [7, 11) is 0. The average molecular weight is 442 g/mol. The second-order valence-corrected chi connectivity index (χ2v) is 8.15. The van der Waals surface area contributed by atoms with Crippen molar-refractivity contribution in [3.63, 3.8) is 0 Å². The fourth-order valence-corrected chi connectivity index (χ4v) is 4.27. The molecule has 2 heterocycles. The molecule has 1 aromatic heterocycles. The smallest absolute Gasteiger partial charge is 0.266 e. The first kappa shape index (κ1) is 20.2. The molecule has 1 aliphatic heterocycles. The molecule has 2 aromatic carbocycles. The number of thioether (sulfide) groups is 1. The first-order chi connectivity index (χ1) is 14.5. The SMILES string of the molecule is O=C(CCCN1C(=O)C(=Cc2cccc(F)c2)SC1=S)Nc1cccc2nonc12. The van der Waals surface area contributed by atoms with Crippen LogP contribution in [0.1, 0.15) is 18.4 Å². The Bertz CT molecular complexity index is 1180. The van der Waals surface area contributed by atoms with Crippen LogP contribution in [0.25, 0.3) is 17.1 Å². The van der Waals surface area contributed by atoms with Crippen molar-refractivity contribution in [2.45, 2.75) is 12.8 Å². The van der Waals surface area contributed by atoms with Gasteiger partial charge in [0.05, 0.1) is 10.6 Å². The Kier molecular flexibility index (Phi) is 5.86. The lowest BCUT2D eigenvalue weighted by Gasteiger charge is -2.14. The van der Waals surface area contributed by atoms with Crippen molar-refractivity contribution in [1.29, 1.82) is 0 Å². The van der Waals surface area contributed by atoms with Gasteiger partial charge in [-0.15, -0.1) is 0 Å². The number of hydrogen-bond acceptors (Lipinski definition) is 7. The highest BCUT2D eigenvalue weighted by Crippen LogP contribution is 2.32. The molecule has 0 saturated carbocycles. The molecular weight excluding hydrogens is 427 g/mol. The van der Waals surface area contributed by atoms with E-state index in [2.05, 4.69) is 20.3 Å². The Morgan fingerprint density at radius 1 is 1.27 bits per heavy atom. The van der Waals surface area contributed by atoms with Crippen molar-refractivity contribution >= 4 is 62.9 Å². The fourth-order valence-electron chi connectivity index (χ4n) is 2.96. The number of carbonyl (C=O) groups is 2. The van der Waals surface area contributed by atoms with Gasteiger partial charge in [0.25, 0.3) is 5.91 Å². The molecule has 0 spiro atoms. The third-order valence-electron chi connectivity index (χ3n) is 4.37. The van der Waals surface area contributed by atoms with Crippen LogP contribution in [0.4, 0.5) is 10.1 Å². The van der Waals surface area contributed by atoms with E-state index >= 15 is 0 Å². The van der Waals surface area contributed by atoms with Crippen LogP contribution < -0.4 is 5.32 Å². The monoisotopic (exact) mass is 442 g/mol. The van der Waals surface area contributed by atoms with E-state index < -0.39 is 0 Å². The van der Waals surface area contributed by atoms with E-state index in [1.807, 2.05) is 0 Å². The number of rotatable bonds is 6. The molecule has 7 nitrogen and oxygen atoms in total. The minimum absolute atomic E-state index is 0.196. The molecule has 1 aliphatic rings. The lowest BCUT2D eigenvalue weighted by Crippen LogP contribution is -2.29. The van der Waals surface area contributed by atoms with Gasteiger partial charge in [0.1, 0.15) is 15.7 Å². The van der Waals surface area contributed by atoms with Crippen LogP contribution in [0.3, 0.4) is 0 Å². The van der Waals surface area contributed by atoms with Crippen molar-refractivity contribution in [3.8, 4) is 0 Å². The van der Waals surface area contributed by atoms with Gasteiger partial charge < -0.3 is 5.32 Å². The maximum absolute atomic E-state index is 13.4. The van der Waals surface area contributed by atoms with Crippen LogP contribution in [0, 0.1) is 5.82 Å². The number of halogens is 1. The van der Waals surface area contributed by atoms with E-state index in [0.29, 0.717) is 44.5 Å². The maximum atomic E-state index is 13.4. The lowest BCUT2D eigenvalue weighted by atomic mass is 10.2. The van der Waals surface area contributed by atoms with Crippen LogP contribution >= 0.6 is 24.0 Å². The Morgan fingerprint density at radius 3 is 2.93 bits per heavy atom. The van der Waals surface area contributed by atoms with Crippen molar-refractivity contribution < 1.29 is 18.6 Å². The highest BCUT2D eigenvalue weighted by atomic mass is 32.2. The topological polar surface area (TPSA) is 88.3 Å². The normalized spacial score (nSPS) is 15.4. The Labute approximate surface area is 180 Å². The van der Waals surface area contributed by atoms with E-state index in [1.165, 1.54) is 28.8 Å². The third kappa shape index (κ3) is 4.39. The number of amides is 2. The second-order valence-electron chi connectivity index (χ2n) is 6.48. The number of anilines is 1. The van der Waals surface area contributed by atoms with E-state index in [0.717, 1.165) is 0 Å². The van der Waals surface area contributed by atoms with Gasteiger partial charge in [0.15, 0.2) is 5.52 Å². The van der Waals surface area contributed by atoms with Gasteiger partial charge in [-0.2, -0.15) is 0 Å². The van der Waals surface area contributed by atoms with Gasteiger partial charge in [-0.25, -0.2) is 9.02 Å². The van der Waals surface area contributed by atoms with Crippen LogP contribution in [-0.2, 0) is 9.59 Å². The minimum atomic E-state index is -0.373. The molecule has 10 heteroatoms. The van der Waals surface area contributed by atoms with E-state index in [4.69, 9.17) is 12.2 Å². The standard InChI is InChI=1S/C20H15FN4O3S2/c21-13-5-1-4-12(10-13)11-16-19(27)25(20(29)30-16)9-3-8-17(26)22-14-6-2-7-15-18(14)24-28-23-15/h1-2,4-7,10-11H,3,8-9H2,(H,22,26). The molecule has 0 aliphatic carbocycles. The molecule has 0 atom stereocenters. The fraction of sp³-hybridized carbons (Fsp3) is 0.150. The number of nitrogens with one attached hydrogen (secondary N) is 1. The van der Waals surface area contributed by atoms with E-state index in [9.17, 15) is 14.0 Å². The molecule has 0 unspecified atom stereocenters. The van der Waals surface area contributed by atoms with Crippen molar-refractivity contribution in [2.75, 3.05) is 11.9 Å². The van der Waals surface area contributed by atoms with E-state index in [-0.39, 0.29) is 24.1 Å². The predicted molar refractivity (Wildman–Crippen MR) is 116 cm³/mol. The van der Waals surface area contributed by atoms with Gasteiger partial charge in [-0.3, -0.25) is 14.5 Å². The van der Waals surface area contributed by atoms with Gasteiger partial charge in [0, 0.05) is 13.0 Å². The van der Waals surface area contributed by atoms with Crippen LogP contribution in [0.5, 0.6) is 0 Å². The summed E-state index contributed by atoms with van der Waals surface area (Å²) < 4.78 is 18.4. The number of benzene rings is 2. The van der Waals surface area contributed by atoms with Crippen LogP contribution in [0.2, 0.25) is 0 Å². The Hall–Kier alpha value is -3.11. The molecule has 1 saturated heterocycles. The highest BCUT2D eigenvalue weighted by Gasteiger charge is 2.31. The number of hydrogen-bond donors (Lipinski definition) is 1. The van der Waals surface area contributed by atoms with E-state index in [1.54, 1.807) is 36.4 Å². The Balaban J connectivity index is 1.33. The maximum Gasteiger partial charge on any atom is 0.266 e. The molecule has 152 valence electrons. The zero-order valence-electron chi connectivity index (χ0n) is 15.5. The summed E-state index contributed by atoms with van der Waals surface area (Å²) in [5, 5.41) is 10.3. The summed E-state index contributed by atoms with van der Waals surface area (Å²) in [4.78, 5) is 26.8. The summed E-state index contributed by atoms with van der Waals surface area (Å²) in [6.07, 6.45) is 2.24. The van der Waals surface area contributed by atoms with Crippen molar-refractivity contribution in [2.24, 2.45) is 0 Å². The van der Waals surface area contributed by atoms with Gasteiger partial charge >= 0.3 is 0 Å². The summed E-state index contributed by atoms with van der Waals surface area (Å²) >= 11 is 6.46. The Morgan fingerprint density at radius 2 is 2.10 bits per heavy atom. The zero-order chi connectivity index (χ0) is 21.1.